The van der Waals surface area contributed by atoms with Crippen LogP contribution in [-0.4, -0.2) is 31.7 Å². The summed E-state index contributed by atoms with van der Waals surface area (Å²) in [6.07, 6.45) is 0.488. The number of carbonyl (C=O) groups is 1. The zero-order chi connectivity index (χ0) is 16.3. The highest BCUT2D eigenvalue weighted by Crippen LogP contribution is 2.25. The molecule has 22 heavy (non-hydrogen) atoms. The molecule has 1 heterocycles. The third-order valence-electron chi connectivity index (χ3n) is 3.37. The Morgan fingerprint density at radius 1 is 1.36 bits per heavy atom. The Hall–Kier alpha value is -2.09. The number of alkyl halides is 1. The first-order valence-corrected chi connectivity index (χ1v) is 8.48. The lowest BCUT2D eigenvalue weighted by molar-refractivity contribution is 0.0996. The lowest BCUT2D eigenvalue weighted by Crippen LogP contribution is -2.16. The molecule has 8 heteroatoms. The average Bonchev–Trinajstić information content (AvgIpc) is 2.76. The number of fused-ring (bicyclic) bond motifs is 1. The van der Waals surface area contributed by atoms with Crippen LogP contribution in [-0.2, 0) is 10.0 Å². The predicted molar refractivity (Wildman–Crippen MR) is 84.2 cm³/mol. The number of rotatable bonds is 7. The van der Waals surface area contributed by atoms with E-state index in [0.29, 0.717) is 22.5 Å². The van der Waals surface area contributed by atoms with Gasteiger partial charge in [-0.1, -0.05) is 0 Å². The number of halogens is 1. The number of aromatic amines is 1. The molecule has 0 spiro atoms. The van der Waals surface area contributed by atoms with Crippen LogP contribution in [0.1, 0.15) is 28.9 Å². The van der Waals surface area contributed by atoms with E-state index in [1.54, 1.807) is 25.1 Å². The van der Waals surface area contributed by atoms with Crippen LogP contribution < -0.4 is 10.5 Å². The van der Waals surface area contributed by atoms with Crippen molar-refractivity contribution in [2.75, 3.05) is 17.1 Å². The highest BCUT2D eigenvalue weighted by Gasteiger charge is 2.14. The van der Waals surface area contributed by atoms with E-state index < -0.39 is 22.6 Å². The van der Waals surface area contributed by atoms with Crippen LogP contribution >= 0.6 is 0 Å². The quantitative estimate of drug-likeness (QED) is 0.678. The number of amides is 1. The van der Waals surface area contributed by atoms with E-state index in [1.807, 2.05) is 0 Å². The molecule has 0 fully saturated rings. The maximum absolute atomic E-state index is 12.0. The monoisotopic (exact) mass is 327 g/mol. The number of H-pyrrole nitrogens is 1. The van der Waals surface area contributed by atoms with Gasteiger partial charge < -0.3 is 10.7 Å². The van der Waals surface area contributed by atoms with Gasteiger partial charge in [0.15, 0.2) is 0 Å². The van der Waals surface area contributed by atoms with Crippen LogP contribution in [0.15, 0.2) is 18.2 Å². The molecule has 0 atom stereocenters. The topological polar surface area (TPSA) is 105 Å². The Balaban J connectivity index is 2.26. The SMILES string of the molecule is Cc1c(C(N)=O)[nH]c2ccc(NS(=O)(=O)CCCCF)cc12. The second-order valence-corrected chi connectivity index (χ2v) is 6.91. The molecule has 1 aromatic heterocycles. The van der Waals surface area contributed by atoms with Crippen molar-refractivity contribution in [1.82, 2.24) is 4.98 Å². The molecule has 0 aliphatic rings. The number of carbonyl (C=O) groups excluding carboxylic acids is 1. The zero-order valence-electron chi connectivity index (χ0n) is 12.1. The maximum atomic E-state index is 12.0. The number of nitrogens with one attached hydrogen (secondary N) is 2. The van der Waals surface area contributed by atoms with E-state index in [2.05, 4.69) is 9.71 Å². The van der Waals surface area contributed by atoms with Gasteiger partial charge in [0.05, 0.1) is 12.4 Å². The van der Waals surface area contributed by atoms with Crippen LogP contribution in [0.3, 0.4) is 0 Å². The number of anilines is 1. The number of hydrogen-bond acceptors (Lipinski definition) is 3. The number of sulfonamides is 1. The molecular weight excluding hydrogens is 309 g/mol. The van der Waals surface area contributed by atoms with Crippen molar-refractivity contribution in [2.45, 2.75) is 19.8 Å². The predicted octanol–water partition coefficient (Wildman–Crippen LogP) is 2.07. The minimum atomic E-state index is -3.52. The molecule has 0 unspecified atom stereocenters. The minimum absolute atomic E-state index is 0.131. The smallest absolute Gasteiger partial charge is 0.265 e. The van der Waals surface area contributed by atoms with Crippen molar-refractivity contribution in [3.05, 3.63) is 29.5 Å². The lowest BCUT2D eigenvalue weighted by atomic mass is 10.1. The van der Waals surface area contributed by atoms with Crippen molar-refractivity contribution < 1.29 is 17.6 Å². The maximum Gasteiger partial charge on any atom is 0.265 e. The molecule has 0 aliphatic heterocycles. The summed E-state index contributed by atoms with van der Waals surface area (Å²) in [4.78, 5) is 14.2. The van der Waals surface area contributed by atoms with Gasteiger partial charge >= 0.3 is 0 Å². The van der Waals surface area contributed by atoms with Gasteiger partial charge in [0.2, 0.25) is 10.0 Å². The number of primary amides is 1. The van der Waals surface area contributed by atoms with Crippen LogP contribution in [0.4, 0.5) is 10.1 Å². The van der Waals surface area contributed by atoms with Crippen molar-refractivity contribution in [1.29, 1.82) is 0 Å². The first-order chi connectivity index (χ1) is 10.3. The number of aryl methyl sites for hydroxylation is 1. The highest BCUT2D eigenvalue weighted by atomic mass is 32.2. The summed E-state index contributed by atoms with van der Waals surface area (Å²) in [6, 6.07) is 4.91. The van der Waals surface area contributed by atoms with Crippen molar-refractivity contribution in [2.24, 2.45) is 5.73 Å². The van der Waals surface area contributed by atoms with Gasteiger partial charge in [-0.25, -0.2) is 8.42 Å². The van der Waals surface area contributed by atoms with Crippen LogP contribution in [0, 0.1) is 6.92 Å². The molecule has 0 bridgehead atoms. The Morgan fingerprint density at radius 3 is 2.73 bits per heavy atom. The first kappa shape index (κ1) is 16.3. The minimum Gasteiger partial charge on any atom is -0.364 e. The van der Waals surface area contributed by atoms with E-state index >= 15 is 0 Å². The molecule has 0 radical (unpaired) electrons. The van der Waals surface area contributed by atoms with E-state index in [4.69, 9.17) is 5.73 Å². The fraction of sp³-hybridized carbons (Fsp3) is 0.357. The van der Waals surface area contributed by atoms with E-state index in [-0.39, 0.29) is 18.6 Å². The number of hydrogen-bond donors (Lipinski definition) is 3. The zero-order valence-corrected chi connectivity index (χ0v) is 13.0. The van der Waals surface area contributed by atoms with Crippen molar-refractivity contribution in [3.63, 3.8) is 0 Å². The van der Waals surface area contributed by atoms with Gasteiger partial charge in [-0.3, -0.25) is 13.9 Å². The first-order valence-electron chi connectivity index (χ1n) is 6.82. The second-order valence-electron chi connectivity index (χ2n) is 5.07. The second kappa shape index (κ2) is 6.35. The van der Waals surface area contributed by atoms with Crippen LogP contribution in [0.2, 0.25) is 0 Å². The summed E-state index contributed by atoms with van der Waals surface area (Å²) < 4.78 is 38.3. The van der Waals surface area contributed by atoms with Gasteiger partial charge in [-0.2, -0.15) is 0 Å². The summed E-state index contributed by atoms with van der Waals surface area (Å²) in [6.45, 7) is 1.21. The van der Waals surface area contributed by atoms with Crippen LogP contribution in [0.5, 0.6) is 0 Å². The lowest BCUT2D eigenvalue weighted by Gasteiger charge is -2.07. The molecule has 2 aromatic rings. The normalized spacial score (nSPS) is 11.7. The molecule has 120 valence electrons. The van der Waals surface area contributed by atoms with Crippen LogP contribution in [0.25, 0.3) is 10.9 Å². The molecular formula is C14H18FN3O3S. The average molecular weight is 327 g/mol. The standard InChI is InChI=1S/C14H18FN3O3S/c1-9-11-8-10(18-22(20,21)7-3-2-6-15)4-5-12(11)17-13(9)14(16)19/h4-5,8,17-18H,2-3,6-7H2,1H3,(H2,16,19). The molecule has 2 rings (SSSR count). The fourth-order valence-electron chi connectivity index (χ4n) is 2.25. The van der Waals surface area contributed by atoms with Crippen molar-refractivity contribution in [3.8, 4) is 0 Å². The third-order valence-corrected chi connectivity index (χ3v) is 4.75. The van der Waals surface area contributed by atoms with E-state index in [0.717, 1.165) is 5.39 Å². The molecule has 0 saturated carbocycles. The Morgan fingerprint density at radius 2 is 2.09 bits per heavy atom. The third kappa shape index (κ3) is 3.56. The number of aromatic nitrogens is 1. The molecule has 1 amide bonds. The molecule has 0 saturated heterocycles. The fourth-order valence-corrected chi connectivity index (χ4v) is 3.43. The summed E-state index contributed by atoms with van der Waals surface area (Å²) in [5, 5.41) is 0.720. The molecule has 0 aliphatic carbocycles. The van der Waals surface area contributed by atoms with Crippen molar-refractivity contribution >= 4 is 32.5 Å². The Labute approximate surface area is 127 Å². The Bertz CT molecular complexity index is 799. The Kier molecular flexibility index (Phi) is 4.70. The van der Waals surface area contributed by atoms with E-state index in [1.165, 1.54) is 0 Å². The van der Waals surface area contributed by atoms with Gasteiger partial charge in [0.25, 0.3) is 5.91 Å². The van der Waals surface area contributed by atoms with E-state index in [9.17, 15) is 17.6 Å². The van der Waals surface area contributed by atoms with Gasteiger partial charge in [0.1, 0.15) is 5.69 Å². The molecule has 4 N–H and O–H groups in total. The summed E-state index contributed by atoms with van der Waals surface area (Å²) in [5.41, 5.74) is 7.34. The summed E-state index contributed by atoms with van der Waals surface area (Å²) in [7, 11) is -3.52. The summed E-state index contributed by atoms with van der Waals surface area (Å²) >= 11 is 0. The number of unbranched alkanes of at least 4 members (excludes halogenated alkanes) is 1. The molecule has 6 nitrogen and oxygen atoms in total. The number of nitrogens with two attached hydrogens (primary N) is 1. The van der Waals surface area contributed by atoms with Gasteiger partial charge in [0, 0.05) is 16.6 Å². The van der Waals surface area contributed by atoms with Gasteiger partial charge in [-0.05, 0) is 43.5 Å². The largest absolute Gasteiger partial charge is 0.364 e. The highest BCUT2D eigenvalue weighted by molar-refractivity contribution is 7.92. The number of benzene rings is 1. The molecule has 1 aromatic carbocycles. The summed E-state index contributed by atoms with van der Waals surface area (Å²) in [5.74, 6) is -0.699. The van der Waals surface area contributed by atoms with Gasteiger partial charge in [-0.15, -0.1) is 0 Å².